The smallest absolute Gasteiger partial charge is 0.152 e. The van der Waals surface area contributed by atoms with E-state index in [1.807, 2.05) is 7.05 Å². The third kappa shape index (κ3) is 2.75. The highest BCUT2D eigenvalue weighted by Crippen LogP contribution is 2.16. The summed E-state index contributed by atoms with van der Waals surface area (Å²) in [6.07, 6.45) is 5.66. The molecule has 16 heavy (non-hydrogen) atoms. The Morgan fingerprint density at radius 2 is 2.31 bits per heavy atom. The van der Waals surface area contributed by atoms with Gasteiger partial charge in [-0.1, -0.05) is 0 Å². The van der Waals surface area contributed by atoms with Gasteiger partial charge >= 0.3 is 0 Å². The fourth-order valence-corrected chi connectivity index (χ4v) is 1.59. The normalized spacial score (nSPS) is 10.4. The molecule has 0 aliphatic rings. The lowest BCUT2D eigenvalue weighted by atomic mass is 10.4. The minimum atomic E-state index is 0.736. The fraction of sp³-hybridized carbons (Fsp3) is 0.333. The molecule has 0 amide bonds. The first kappa shape index (κ1) is 11.0. The molecular formula is C9H11BrN6. The lowest BCUT2D eigenvalue weighted by Gasteiger charge is -2.04. The van der Waals surface area contributed by atoms with Crippen molar-refractivity contribution in [1.29, 1.82) is 0 Å². The number of aromatic nitrogens is 5. The van der Waals surface area contributed by atoms with E-state index in [-0.39, 0.29) is 0 Å². The zero-order chi connectivity index (χ0) is 11.4. The van der Waals surface area contributed by atoms with E-state index in [2.05, 4.69) is 41.3 Å². The summed E-state index contributed by atoms with van der Waals surface area (Å²) >= 11 is 3.36. The molecule has 0 atom stereocenters. The predicted octanol–water partition coefficient (Wildman–Crippen LogP) is 1.02. The van der Waals surface area contributed by atoms with E-state index in [0.29, 0.717) is 0 Å². The molecule has 2 aromatic rings. The van der Waals surface area contributed by atoms with Crippen LogP contribution in [-0.2, 0) is 13.5 Å². The Morgan fingerprint density at radius 3 is 3.00 bits per heavy atom. The van der Waals surface area contributed by atoms with Crippen LogP contribution in [0.4, 0.5) is 5.82 Å². The molecule has 0 aliphatic carbocycles. The Balaban J connectivity index is 1.87. The van der Waals surface area contributed by atoms with Crippen molar-refractivity contribution in [3.63, 3.8) is 0 Å². The summed E-state index contributed by atoms with van der Waals surface area (Å²) in [6, 6.07) is 0. The summed E-state index contributed by atoms with van der Waals surface area (Å²) in [5.41, 5.74) is 0. The van der Waals surface area contributed by atoms with Crippen LogP contribution < -0.4 is 5.32 Å². The van der Waals surface area contributed by atoms with Crippen LogP contribution in [0.3, 0.4) is 0 Å². The monoisotopic (exact) mass is 282 g/mol. The van der Waals surface area contributed by atoms with Gasteiger partial charge in [-0.3, -0.25) is 4.68 Å². The number of halogens is 1. The second-order valence-corrected chi connectivity index (χ2v) is 4.08. The lowest BCUT2D eigenvalue weighted by Crippen LogP contribution is -2.08. The Labute approximate surface area is 101 Å². The summed E-state index contributed by atoms with van der Waals surface area (Å²) in [6.45, 7) is 0.736. The third-order valence-electron chi connectivity index (χ3n) is 1.96. The summed E-state index contributed by atoms with van der Waals surface area (Å²) < 4.78 is 2.54. The Morgan fingerprint density at radius 1 is 1.44 bits per heavy atom. The van der Waals surface area contributed by atoms with Crippen LogP contribution in [0.15, 0.2) is 23.3 Å². The molecule has 0 unspecified atom stereocenters. The quantitative estimate of drug-likeness (QED) is 0.907. The second kappa shape index (κ2) is 5.02. The molecule has 0 fully saturated rings. The largest absolute Gasteiger partial charge is 0.369 e. The van der Waals surface area contributed by atoms with Crippen molar-refractivity contribution in [2.45, 2.75) is 6.42 Å². The fourth-order valence-electron chi connectivity index (χ4n) is 1.23. The van der Waals surface area contributed by atoms with Gasteiger partial charge in [-0.15, -0.1) is 0 Å². The number of nitrogens with one attached hydrogen (secondary N) is 1. The standard InChI is InChI=1S/C9H11BrN6/c1-16-6-14-8(15-16)2-3-12-9-7(10)4-11-5-13-9/h4-6H,2-3H2,1H3,(H,11,12,13). The van der Waals surface area contributed by atoms with Gasteiger partial charge in [0.25, 0.3) is 0 Å². The molecule has 0 bridgehead atoms. The Kier molecular flexibility index (Phi) is 3.45. The summed E-state index contributed by atoms with van der Waals surface area (Å²) in [4.78, 5) is 12.1. The SMILES string of the molecule is Cn1cnc(CCNc2ncncc2Br)n1. The van der Waals surface area contributed by atoms with Crippen LogP contribution in [0.5, 0.6) is 0 Å². The van der Waals surface area contributed by atoms with Crippen LogP contribution in [-0.4, -0.2) is 31.3 Å². The van der Waals surface area contributed by atoms with Gasteiger partial charge in [0.05, 0.1) is 4.47 Å². The zero-order valence-electron chi connectivity index (χ0n) is 8.76. The number of rotatable bonds is 4. The van der Waals surface area contributed by atoms with E-state index < -0.39 is 0 Å². The van der Waals surface area contributed by atoms with Crippen LogP contribution in [0.2, 0.25) is 0 Å². The molecule has 2 aromatic heterocycles. The molecule has 0 saturated carbocycles. The van der Waals surface area contributed by atoms with Crippen molar-refractivity contribution < 1.29 is 0 Å². The molecule has 7 heteroatoms. The van der Waals surface area contributed by atoms with Crippen LogP contribution in [0.1, 0.15) is 5.82 Å². The van der Waals surface area contributed by atoms with Crippen molar-refractivity contribution in [3.8, 4) is 0 Å². The van der Waals surface area contributed by atoms with Crippen molar-refractivity contribution in [2.24, 2.45) is 7.05 Å². The average molecular weight is 283 g/mol. The van der Waals surface area contributed by atoms with Crippen LogP contribution in [0, 0.1) is 0 Å². The number of aryl methyl sites for hydroxylation is 1. The number of anilines is 1. The maximum atomic E-state index is 4.19. The molecule has 2 heterocycles. The predicted molar refractivity (Wildman–Crippen MR) is 62.9 cm³/mol. The molecule has 0 spiro atoms. The highest BCUT2D eigenvalue weighted by Gasteiger charge is 2.01. The summed E-state index contributed by atoms with van der Waals surface area (Å²) in [7, 11) is 1.85. The first-order valence-electron chi connectivity index (χ1n) is 4.79. The second-order valence-electron chi connectivity index (χ2n) is 3.23. The highest BCUT2D eigenvalue weighted by atomic mass is 79.9. The van der Waals surface area contributed by atoms with Crippen molar-refractivity contribution in [1.82, 2.24) is 24.7 Å². The lowest BCUT2D eigenvalue weighted by molar-refractivity contribution is 0.741. The van der Waals surface area contributed by atoms with E-state index in [0.717, 1.165) is 29.1 Å². The van der Waals surface area contributed by atoms with Crippen molar-refractivity contribution >= 4 is 21.7 Å². The van der Waals surface area contributed by atoms with Gasteiger partial charge in [0.1, 0.15) is 18.5 Å². The molecule has 0 aliphatic heterocycles. The first-order chi connectivity index (χ1) is 7.75. The van der Waals surface area contributed by atoms with Gasteiger partial charge in [-0.2, -0.15) is 5.10 Å². The maximum absolute atomic E-state index is 4.19. The van der Waals surface area contributed by atoms with E-state index in [1.54, 1.807) is 17.2 Å². The van der Waals surface area contributed by atoms with E-state index in [4.69, 9.17) is 0 Å². The average Bonchev–Trinajstić information content (AvgIpc) is 2.67. The molecular weight excluding hydrogens is 272 g/mol. The molecule has 6 nitrogen and oxygen atoms in total. The molecule has 0 saturated heterocycles. The van der Waals surface area contributed by atoms with E-state index in [1.165, 1.54) is 6.33 Å². The number of hydrogen-bond donors (Lipinski definition) is 1. The minimum Gasteiger partial charge on any atom is -0.369 e. The highest BCUT2D eigenvalue weighted by molar-refractivity contribution is 9.10. The van der Waals surface area contributed by atoms with Gasteiger partial charge in [-0.25, -0.2) is 15.0 Å². The van der Waals surface area contributed by atoms with Crippen LogP contribution in [0.25, 0.3) is 0 Å². The van der Waals surface area contributed by atoms with Gasteiger partial charge in [0.15, 0.2) is 5.82 Å². The number of hydrogen-bond acceptors (Lipinski definition) is 5. The zero-order valence-corrected chi connectivity index (χ0v) is 10.3. The Hall–Kier alpha value is -1.50. The minimum absolute atomic E-state index is 0.736. The molecule has 1 N–H and O–H groups in total. The third-order valence-corrected chi connectivity index (χ3v) is 2.54. The summed E-state index contributed by atoms with van der Waals surface area (Å²) in [5, 5.41) is 7.37. The Bertz CT molecular complexity index is 469. The van der Waals surface area contributed by atoms with Gasteiger partial charge in [0.2, 0.25) is 0 Å². The molecule has 2 rings (SSSR count). The molecule has 0 radical (unpaired) electrons. The molecule has 0 aromatic carbocycles. The maximum Gasteiger partial charge on any atom is 0.152 e. The number of nitrogens with zero attached hydrogens (tertiary/aromatic N) is 5. The summed E-state index contributed by atoms with van der Waals surface area (Å²) in [5.74, 6) is 1.60. The molecule has 84 valence electrons. The van der Waals surface area contributed by atoms with Crippen molar-refractivity contribution in [3.05, 3.63) is 29.1 Å². The van der Waals surface area contributed by atoms with Gasteiger partial charge in [-0.05, 0) is 15.9 Å². The van der Waals surface area contributed by atoms with E-state index in [9.17, 15) is 0 Å². The first-order valence-corrected chi connectivity index (χ1v) is 5.59. The van der Waals surface area contributed by atoms with Crippen molar-refractivity contribution in [2.75, 3.05) is 11.9 Å². The topological polar surface area (TPSA) is 68.5 Å². The van der Waals surface area contributed by atoms with E-state index >= 15 is 0 Å². The van der Waals surface area contributed by atoms with Gasteiger partial charge < -0.3 is 5.32 Å². The van der Waals surface area contributed by atoms with Crippen LogP contribution >= 0.6 is 15.9 Å². The van der Waals surface area contributed by atoms with Gasteiger partial charge in [0, 0.05) is 26.2 Å².